The standard InChI is InChI=1S/C23H34N3O4.ClH/c1-7-14-26(5,6)15-16-29-23(28)21(17-24)22(30-18(4)27)19-10-12-20(13-11-19)25(8-2)9-3;/h10-13H,7-9,14-16H2,1-6H3;1H/q+1;/p-1/b22-21+;. The zero-order valence-electron chi connectivity index (χ0n) is 19.4. The van der Waals surface area contributed by atoms with E-state index in [1.807, 2.05) is 18.2 Å². The number of anilines is 1. The third-order valence-corrected chi connectivity index (χ3v) is 4.81. The Bertz CT molecular complexity index is 794. The van der Waals surface area contributed by atoms with E-state index in [-0.39, 0.29) is 30.3 Å². The Balaban J connectivity index is 0.00000900. The molecule has 0 aliphatic heterocycles. The number of esters is 2. The van der Waals surface area contributed by atoms with Gasteiger partial charge in [0, 0.05) is 31.3 Å². The number of quaternary nitrogens is 1. The molecule has 172 valence electrons. The van der Waals surface area contributed by atoms with Crippen LogP contribution in [0.3, 0.4) is 0 Å². The summed E-state index contributed by atoms with van der Waals surface area (Å²) in [4.78, 5) is 26.4. The molecule has 0 saturated heterocycles. The molecule has 1 aromatic rings. The minimum Gasteiger partial charge on any atom is -1.00 e. The van der Waals surface area contributed by atoms with E-state index in [0.29, 0.717) is 16.6 Å². The first-order chi connectivity index (χ1) is 14.2. The normalized spacial score (nSPS) is 11.5. The first-order valence-electron chi connectivity index (χ1n) is 10.4. The van der Waals surface area contributed by atoms with Crippen LogP contribution in [0.5, 0.6) is 0 Å². The van der Waals surface area contributed by atoms with E-state index in [0.717, 1.165) is 31.7 Å². The molecule has 0 bridgehead atoms. The lowest BCUT2D eigenvalue weighted by Gasteiger charge is -2.28. The van der Waals surface area contributed by atoms with Crippen LogP contribution in [0.1, 0.15) is 39.7 Å². The minimum atomic E-state index is -0.793. The summed E-state index contributed by atoms with van der Waals surface area (Å²) in [5.74, 6) is -1.49. The van der Waals surface area contributed by atoms with Gasteiger partial charge in [0.2, 0.25) is 0 Å². The Hall–Kier alpha value is -2.56. The number of ether oxygens (including phenoxy) is 2. The van der Waals surface area contributed by atoms with Crippen LogP contribution in [0.15, 0.2) is 29.8 Å². The number of carbonyl (C=O) groups is 2. The maximum atomic E-state index is 12.6. The molecule has 7 nitrogen and oxygen atoms in total. The predicted molar refractivity (Wildman–Crippen MR) is 117 cm³/mol. The van der Waals surface area contributed by atoms with Gasteiger partial charge in [-0.2, -0.15) is 5.26 Å². The lowest BCUT2D eigenvalue weighted by Crippen LogP contribution is -3.00. The molecule has 0 aliphatic carbocycles. The second kappa shape index (κ2) is 13.7. The number of hydrogen-bond donors (Lipinski definition) is 0. The van der Waals surface area contributed by atoms with Crippen molar-refractivity contribution in [3.8, 4) is 6.07 Å². The van der Waals surface area contributed by atoms with Gasteiger partial charge in [-0.25, -0.2) is 4.79 Å². The topological polar surface area (TPSA) is 79.6 Å². The fourth-order valence-corrected chi connectivity index (χ4v) is 3.17. The van der Waals surface area contributed by atoms with Gasteiger partial charge in [-0.1, -0.05) is 6.92 Å². The molecule has 0 fully saturated rings. The second-order valence-electron chi connectivity index (χ2n) is 7.65. The van der Waals surface area contributed by atoms with Gasteiger partial charge in [0.15, 0.2) is 11.3 Å². The smallest absolute Gasteiger partial charge is 0.353 e. The lowest BCUT2D eigenvalue weighted by atomic mass is 10.1. The van der Waals surface area contributed by atoms with E-state index in [1.165, 1.54) is 6.92 Å². The molecule has 1 aromatic carbocycles. The van der Waals surface area contributed by atoms with Gasteiger partial charge in [-0.05, 0) is 44.5 Å². The fourth-order valence-electron chi connectivity index (χ4n) is 3.17. The van der Waals surface area contributed by atoms with Gasteiger partial charge >= 0.3 is 11.9 Å². The Kier molecular flexibility index (Phi) is 12.6. The fraction of sp³-hybridized carbons (Fsp3) is 0.522. The first kappa shape index (κ1) is 28.4. The number of rotatable bonds is 11. The minimum absolute atomic E-state index is 0. The second-order valence-corrected chi connectivity index (χ2v) is 7.65. The highest BCUT2D eigenvalue weighted by atomic mass is 35.5. The zero-order valence-corrected chi connectivity index (χ0v) is 20.2. The molecule has 0 unspecified atom stereocenters. The van der Waals surface area contributed by atoms with Gasteiger partial charge in [0.05, 0.1) is 20.6 Å². The Morgan fingerprint density at radius 1 is 1.06 bits per heavy atom. The average Bonchev–Trinajstić information content (AvgIpc) is 2.69. The van der Waals surface area contributed by atoms with Gasteiger partial charge in [-0.15, -0.1) is 0 Å². The van der Waals surface area contributed by atoms with E-state index in [2.05, 4.69) is 39.8 Å². The van der Waals surface area contributed by atoms with Crippen LogP contribution in [0.25, 0.3) is 5.76 Å². The summed E-state index contributed by atoms with van der Waals surface area (Å²) in [7, 11) is 4.11. The van der Waals surface area contributed by atoms with Crippen molar-refractivity contribution in [2.45, 2.75) is 34.1 Å². The average molecular weight is 452 g/mol. The van der Waals surface area contributed by atoms with Crippen molar-refractivity contribution in [2.24, 2.45) is 0 Å². The maximum Gasteiger partial charge on any atom is 0.353 e. The van der Waals surface area contributed by atoms with E-state index in [1.54, 1.807) is 12.1 Å². The lowest BCUT2D eigenvalue weighted by molar-refractivity contribution is -0.890. The Labute approximate surface area is 192 Å². The summed E-state index contributed by atoms with van der Waals surface area (Å²) in [5.41, 5.74) is 1.15. The Morgan fingerprint density at radius 3 is 2.10 bits per heavy atom. The quantitative estimate of drug-likeness (QED) is 0.159. The molecule has 31 heavy (non-hydrogen) atoms. The van der Waals surface area contributed by atoms with Crippen molar-refractivity contribution in [3.63, 3.8) is 0 Å². The molecule has 0 amide bonds. The van der Waals surface area contributed by atoms with Crippen LogP contribution in [0.2, 0.25) is 0 Å². The van der Waals surface area contributed by atoms with Crippen molar-refractivity contribution in [1.29, 1.82) is 5.26 Å². The van der Waals surface area contributed by atoms with E-state index in [4.69, 9.17) is 9.47 Å². The molecule has 0 saturated carbocycles. The molecule has 1 rings (SSSR count). The van der Waals surface area contributed by atoms with E-state index >= 15 is 0 Å². The number of nitriles is 1. The van der Waals surface area contributed by atoms with Crippen LogP contribution in [-0.2, 0) is 19.1 Å². The van der Waals surface area contributed by atoms with Crippen molar-refractivity contribution in [1.82, 2.24) is 0 Å². The number of nitrogens with zero attached hydrogens (tertiary/aromatic N) is 3. The molecule has 0 radical (unpaired) electrons. The van der Waals surface area contributed by atoms with Crippen molar-refractivity contribution >= 4 is 23.4 Å². The molecule has 0 heterocycles. The maximum absolute atomic E-state index is 12.6. The summed E-state index contributed by atoms with van der Waals surface area (Å²) in [5, 5.41) is 9.59. The molecule has 0 N–H and O–H groups in total. The zero-order chi connectivity index (χ0) is 22.7. The molecular formula is C23H34ClN3O4. The van der Waals surface area contributed by atoms with Crippen molar-refractivity contribution < 1.29 is 36.0 Å². The van der Waals surface area contributed by atoms with Gasteiger partial charge < -0.3 is 31.3 Å². The first-order valence-corrected chi connectivity index (χ1v) is 10.4. The summed E-state index contributed by atoms with van der Waals surface area (Å²) in [6, 6.07) is 9.06. The number of benzene rings is 1. The number of likely N-dealkylation sites (N-methyl/N-ethyl adjacent to an activating group) is 1. The van der Waals surface area contributed by atoms with Crippen LogP contribution >= 0.6 is 0 Å². The highest BCUT2D eigenvalue weighted by Gasteiger charge is 2.23. The molecule has 0 atom stereocenters. The molecular weight excluding hydrogens is 418 g/mol. The highest BCUT2D eigenvalue weighted by molar-refractivity contribution is 6.01. The summed E-state index contributed by atoms with van der Waals surface area (Å²) in [6.45, 7) is 10.9. The van der Waals surface area contributed by atoms with E-state index < -0.39 is 11.9 Å². The van der Waals surface area contributed by atoms with Gasteiger partial charge in [-0.3, -0.25) is 4.79 Å². The predicted octanol–water partition coefficient (Wildman–Crippen LogP) is 0.364. The Morgan fingerprint density at radius 2 is 1.65 bits per heavy atom. The number of carbonyl (C=O) groups excluding carboxylic acids is 2. The van der Waals surface area contributed by atoms with Gasteiger partial charge in [0.1, 0.15) is 19.2 Å². The van der Waals surface area contributed by atoms with Crippen LogP contribution in [0.4, 0.5) is 5.69 Å². The highest BCUT2D eigenvalue weighted by Crippen LogP contribution is 2.24. The van der Waals surface area contributed by atoms with Crippen LogP contribution < -0.4 is 17.3 Å². The largest absolute Gasteiger partial charge is 1.00 e. The van der Waals surface area contributed by atoms with Crippen molar-refractivity contribution in [2.75, 3.05) is 51.8 Å². The number of halogens is 1. The molecule has 0 aromatic heterocycles. The third-order valence-electron chi connectivity index (χ3n) is 4.81. The molecule has 8 heteroatoms. The summed E-state index contributed by atoms with van der Waals surface area (Å²) >= 11 is 0. The van der Waals surface area contributed by atoms with Gasteiger partial charge in [0.25, 0.3) is 0 Å². The van der Waals surface area contributed by atoms with Crippen LogP contribution in [-0.4, -0.2) is 63.3 Å². The summed E-state index contributed by atoms with van der Waals surface area (Å²) < 4.78 is 11.3. The molecule has 0 spiro atoms. The van der Waals surface area contributed by atoms with Crippen molar-refractivity contribution in [3.05, 3.63) is 35.4 Å². The van der Waals surface area contributed by atoms with E-state index in [9.17, 15) is 14.9 Å². The van der Waals surface area contributed by atoms with Crippen LogP contribution in [0, 0.1) is 11.3 Å². The summed E-state index contributed by atoms with van der Waals surface area (Å²) in [6.07, 6.45) is 1.02. The third kappa shape index (κ3) is 8.99. The SMILES string of the molecule is CCC[N+](C)(C)CCOC(=O)/C(C#N)=C(/OC(C)=O)c1ccc(N(CC)CC)cc1.[Cl-]. The molecule has 0 aliphatic rings. The number of hydrogen-bond acceptors (Lipinski definition) is 6. The monoisotopic (exact) mass is 451 g/mol.